The molecule has 21 heavy (non-hydrogen) atoms. The van der Waals surface area contributed by atoms with Crippen LogP contribution in [-0.2, 0) is 4.79 Å². The molecule has 6 heteroatoms. The van der Waals surface area contributed by atoms with E-state index >= 15 is 0 Å². The Bertz CT molecular complexity index is 536. The van der Waals surface area contributed by atoms with E-state index in [0.717, 1.165) is 0 Å². The second-order valence-corrected chi connectivity index (χ2v) is 5.06. The second kappa shape index (κ2) is 6.47. The molecule has 0 atom stereocenters. The number of ether oxygens (including phenoxy) is 1. The Balaban J connectivity index is 2.07. The summed E-state index contributed by atoms with van der Waals surface area (Å²) in [6, 6.07) is 4.58. The van der Waals surface area contributed by atoms with Gasteiger partial charge in [-0.3, -0.25) is 9.59 Å². The molecule has 0 bridgehead atoms. The molecule has 2 N–H and O–H groups in total. The van der Waals surface area contributed by atoms with Crippen LogP contribution >= 0.6 is 0 Å². The number of likely N-dealkylation sites (tertiary alicyclic amines) is 1. The summed E-state index contributed by atoms with van der Waals surface area (Å²) < 4.78 is 5.08. The number of nitrogens with zero attached hydrogens (tertiary/aromatic N) is 1. The van der Waals surface area contributed by atoms with E-state index in [0.29, 0.717) is 31.7 Å². The summed E-state index contributed by atoms with van der Waals surface area (Å²) in [4.78, 5) is 25.7. The Hall–Kier alpha value is -2.24. The van der Waals surface area contributed by atoms with Crippen LogP contribution in [0.25, 0.3) is 0 Å². The lowest BCUT2D eigenvalue weighted by molar-refractivity contribution is -0.125. The van der Waals surface area contributed by atoms with Crippen molar-refractivity contribution >= 4 is 11.8 Å². The molecule has 0 saturated carbocycles. The molecule has 6 nitrogen and oxygen atoms in total. The summed E-state index contributed by atoms with van der Waals surface area (Å²) in [6.45, 7) is 1.02. The number of benzene rings is 1. The number of phenolic OH excluding ortho intramolecular Hbond substituents is 1. The molecule has 1 aliphatic heterocycles. The van der Waals surface area contributed by atoms with Crippen LogP contribution in [0.1, 0.15) is 23.2 Å². The van der Waals surface area contributed by atoms with Crippen LogP contribution in [-0.4, -0.2) is 49.1 Å². The molecule has 1 aromatic rings. The molecule has 0 aromatic heterocycles. The molecular formula is C15H20N2O4. The Labute approximate surface area is 123 Å². The van der Waals surface area contributed by atoms with Gasteiger partial charge in [-0.1, -0.05) is 0 Å². The van der Waals surface area contributed by atoms with E-state index < -0.39 is 0 Å². The molecule has 0 unspecified atom stereocenters. The first kappa shape index (κ1) is 15.2. The van der Waals surface area contributed by atoms with Crippen LogP contribution in [0.15, 0.2) is 18.2 Å². The van der Waals surface area contributed by atoms with Gasteiger partial charge in [0, 0.05) is 26.1 Å². The van der Waals surface area contributed by atoms with E-state index in [1.54, 1.807) is 18.0 Å². The van der Waals surface area contributed by atoms with Crippen molar-refractivity contribution < 1.29 is 19.4 Å². The number of aromatic hydroxyl groups is 1. The maximum absolute atomic E-state index is 12.4. The summed E-state index contributed by atoms with van der Waals surface area (Å²) in [5, 5.41) is 12.5. The lowest BCUT2D eigenvalue weighted by Gasteiger charge is -2.31. The average Bonchev–Trinajstić information content (AvgIpc) is 2.54. The van der Waals surface area contributed by atoms with Gasteiger partial charge in [-0.2, -0.15) is 0 Å². The van der Waals surface area contributed by atoms with Crippen molar-refractivity contribution in [3.8, 4) is 11.5 Å². The number of nitrogens with one attached hydrogen (secondary N) is 1. The third-order valence-electron chi connectivity index (χ3n) is 3.83. The summed E-state index contributed by atoms with van der Waals surface area (Å²) >= 11 is 0. The first-order valence-electron chi connectivity index (χ1n) is 6.94. The number of phenols is 1. The molecule has 1 saturated heterocycles. The SMILES string of the molecule is CNC(=O)C1CCN(C(=O)c2cc(OC)ccc2O)CC1. The van der Waals surface area contributed by atoms with Gasteiger partial charge >= 0.3 is 0 Å². The minimum absolute atomic E-state index is 0.0197. The highest BCUT2D eigenvalue weighted by molar-refractivity contribution is 5.97. The second-order valence-electron chi connectivity index (χ2n) is 5.06. The van der Waals surface area contributed by atoms with Crippen molar-refractivity contribution in [1.82, 2.24) is 10.2 Å². The zero-order valence-electron chi connectivity index (χ0n) is 12.3. The van der Waals surface area contributed by atoms with Crippen molar-refractivity contribution in [2.75, 3.05) is 27.2 Å². The number of carbonyl (C=O) groups is 2. The lowest BCUT2D eigenvalue weighted by Crippen LogP contribution is -2.42. The topological polar surface area (TPSA) is 78.9 Å². The van der Waals surface area contributed by atoms with Gasteiger partial charge in [-0.05, 0) is 31.0 Å². The number of rotatable bonds is 3. The predicted octanol–water partition coefficient (Wildman–Crippen LogP) is 0.999. The molecule has 0 radical (unpaired) electrons. The van der Waals surface area contributed by atoms with Gasteiger partial charge in [0.15, 0.2) is 0 Å². The molecule has 1 heterocycles. The van der Waals surface area contributed by atoms with Crippen molar-refractivity contribution in [2.24, 2.45) is 5.92 Å². The summed E-state index contributed by atoms with van der Waals surface area (Å²) in [5.74, 6) is 0.205. The molecule has 2 amide bonds. The van der Waals surface area contributed by atoms with E-state index in [2.05, 4.69) is 5.32 Å². The molecule has 1 fully saturated rings. The molecular weight excluding hydrogens is 272 g/mol. The van der Waals surface area contributed by atoms with E-state index in [4.69, 9.17) is 4.74 Å². The normalized spacial score (nSPS) is 15.6. The number of carbonyl (C=O) groups excluding carboxylic acids is 2. The first-order valence-corrected chi connectivity index (χ1v) is 6.94. The Kier molecular flexibility index (Phi) is 4.67. The van der Waals surface area contributed by atoms with Crippen molar-refractivity contribution in [1.29, 1.82) is 0 Å². The van der Waals surface area contributed by atoms with Gasteiger partial charge in [-0.25, -0.2) is 0 Å². The quantitative estimate of drug-likeness (QED) is 0.871. The maximum Gasteiger partial charge on any atom is 0.257 e. The standard InChI is InChI=1S/C15H20N2O4/c1-16-14(19)10-5-7-17(8-6-10)15(20)12-9-11(21-2)3-4-13(12)18/h3-4,9-10,18H,5-8H2,1-2H3,(H,16,19). The van der Waals surface area contributed by atoms with Crippen LogP contribution in [0, 0.1) is 5.92 Å². The molecule has 1 aromatic carbocycles. The largest absolute Gasteiger partial charge is 0.507 e. The lowest BCUT2D eigenvalue weighted by atomic mass is 9.95. The smallest absolute Gasteiger partial charge is 0.257 e. The summed E-state index contributed by atoms with van der Waals surface area (Å²) in [7, 11) is 3.13. The highest BCUT2D eigenvalue weighted by Crippen LogP contribution is 2.26. The summed E-state index contributed by atoms with van der Waals surface area (Å²) in [5.41, 5.74) is 0.229. The molecule has 1 aliphatic rings. The zero-order valence-corrected chi connectivity index (χ0v) is 12.3. The van der Waals surface area contributed by atoms with Gasteiger partial charge in [0.05, 0.1) is 12.7 Å². The van der Waals surface area contributed by atoms with Crippen LogP contribution in [0.4, 0.5) is 0 Å². The van der Waals surface area contributed by atoms with Gasteiger partial charge < -0.3 is 20.1 Å². The third kappa shape index (κ3) is 3.26. The minimum Gasteiger partial charge on any atom is -0.507 e. The molecule has 114 valence electrons. The number of hydrogen-bond acceptors (Lipinski definition) is 4. The average molecular weight is 292 g/mol. The van der Waals surface area contributed by atoms with Crippen molar-refractivity contribution in [3.05, 3.63) is 23.8 Å². The zero-order chi connectivity index (χ0) is 15.4. The highest BCUT2D eigenvalue weighted by Gasteiger charge is 2.28. The molecule has 0 spiro atoms. The van der Waals surface area contributed by atoms with E-state index in [1.165, 1.54) is 19.2 Å². The fourth-order valence-corrected chi connectivity index (χ4v) is 2.53. The van der Waals surface area contributed by atoms with Crippen LogP contribution in [0.2, 0.25) is 0 Å². The fraction of sp³-hybridized carbons (Fsp3) is 0.467. The summed E-state index contributed by atoms with van der Waals surface area (Å²) in [6.07, 6.45) is 1.27. The van der Waals surface area contributed by atoms with Crippen molar-refractivity contribution in [2.45, 2.75) is 12.8 Å². The predicted molar refractivity (Wildman–Crippen MR) is 77.4 cm³/mol. The third-order valence-corrected chi connectivity index (χ3v) is 3.83. The van der Waals surface area contributed by atoms with E-state index in [9.17, 15) is 14.7 Å². The van der Waals surface area contributed by atoms with Gasteiger partial charge in [0.2, 0.25) is 5.91 Å². The molecule has 2 rings (SSSR count). The highest BCUT2D eigenvalue weighted by atomic mass is 16.5. The number of amides is 2. The Morgan fingerprint density at radius 1 is 1.33 bits per heavy atom. The van der Waals surface area contributed by atoms with Crippen molar-refractivity contribution in [3.63, 3.8) is 0 Å². The van der Waals surface area contributed by atoms with E-state index in [1.807, 2.05) is 0 Å². The van der Waals surface area contributed by atoms with Gasteiger partial charge in [0.1, 0.15) is 11.5 Å². The Morgan fingerprint density at radius 2 is 2.00 bits per heavy atom. The Morgan fingerprint density at radius 3 is 2.57 bits per heavy atom. The molecule has 0 aliphatic carbocycles. The van der Waals surface area contributed by atoms with Crippen LogP contribution in [0.5, 0.6) is 11.5 Å². The fourth-order valence-electron chi connectivity index (χ4n) is 2.53. The monoisotopic (exact) mass is 292 g/mol. The number of hydrogen-bond donors (Lipinski definition) is 2. The van der Waals surface area contributed by atoms with E-state index in [-0.39, 0.29) is 29.0 Å². The minimum atomic E-state index is -0.234. The number of methoxy groups -OCH3 is 1. The maximum atomic E-state index is 12.4. The van der Waals surface area contributed by atoms with Crippen LogP contribution < -0.4 is 10.1 Å². The van der Waals surface area contributed by atoms with Gasteiger partial charge in [0.25, 0.3) is 5.91 Å². The van der Waals surface area contributed by atoms with Gasteiger partial charge in [-0.15, -0.1) is 0 Å². The van der Waals surface area contributed by atoms with Crippen LogP contribution in [0.3, 0.4) is 0 Å². The number of piperidine rings is 1. The first-order chi connectivity index (χ1) is 10.1.